The minimum atomic E-state index is -0.483. The fourth-order valence-corrected chi connectivity index (χ4v) is 1.91. The number of hydrogen-bond donors (Lipinski definition) is 4. The molecule has 1 aromatic carbocycles. The summed E-state index contributed by atoms with van der Waals surface area (Å²) in [5.41, 5.74) is 7.61. The molecular weight excluding hydrogens is 298 g/mol. The number of ether oxygens (including phenoxy) is 1. The molecule has 0 bridgehead atoms. The molecule has 0 aliphatic heterocycles. The quantitative estimate of drug-likeness (QED) is 0.323. The molecule has 2 rings (SSSR count). The van der Waals surface area contributed by atoms with Crippen molar-refractivity contribution in [2.24, 2.45) is 5.73 Å². The van der Waals surface area contributed by atoms with Gasteiger partial charge in [0.05, 0.1) is 19.2 Å². The normalized spacial score (nSPS) is 11.1. The molecule has 0 spiro atoms. The molecule has 5 N–H and O–H groups in total. The summed E-state index contributed by atoms with van der Waals surface area (Å²) < 4.78 is 4.55. The first-order valence-corrected chi connectivity index (χ1v) is 6.86. The number of aromatic nitrogens is 2. The molecule has 0 amide bonds. The van der Waals surface area contributed by atoms with Gasteiger partial charge in [-0.3, -0.25) is 14.9 Å². The van der Waals surface area contributed by atoms with Crippen molar-refractivity contribution in [2.45, 2.75) is 13.3 Å². The van der Waals surface area contributed by atoms with Crippen LogP contribution in [0, 0.1) is 6.92 Å². The standard InChI is InChI=1S/C15H17N5O3/c1-9-4-3-5-10(6-9)17-14(16)20-15-18-11(7-12(21)19-15)8-13(22)23-2/h3-7H,8H2,1-2H3,(H4,16,17,18,19,20,21)/p+1. The maximum absolute atomic E-state index is 11.6. The van der Waals surface area contributed by atoms with Crippen molar-refractivity contribution in [3.63, 3.8) is 0 Å². The molecule has 2 aromatic rings. The van der Waals surface area contributed by atoms with Crippen LogP contribution in [0.1, 0.15) is 11.3 Å². The summed E-state index contributed by atoms with van der Waals surface area (Å²) in [6, 6.07) is 8.85. The summed E-state index contributed by atoms with van der Waals surface area (Å²) in [6.07, 6.45) is -0.0969. The molecule has 0 unspecified atom stereocenters. The van der Waals surface area contributed by atoms with Crippen LogP contribution in [-0.2, 0) is 16.0 Å². The molecule has 0 saturated carbocycles. The van der Waals surface area contributed by atoms with E-state index in [0.29, 0.717) is 0 Å². The molecule has 0 aliphatic carbocycles. The SMILES string of the molecule is COC(=O)Cc1cc(=O)[nH]c([NH+]=C(N)Nc2cccc(C)c2)n1. The molecule has 0 radical (unpaired) electrons. The highest BCUT2D eigenvalue weighted by atomic mass is 16.5. The first-order chi connectivity index (χ1) is 11.0. The van der Waals surface area contributed by atoms with Gasteiger partial charge in [-0.15, -0.1) is 4.98 Å². The monoisotopic (exact) mass is 316 g/mol. The summed E-state index contributed by atoms with van der Waals surface area (Å²) in [5, 5.41) is 2.95. The van der Waals surface area contributed by atoms with E-state index in [-0.39, 0.29) is 24.0 Å². The highest BCUT2D eigenvalue weighted by Crippen LogP contribution is 2.08. The molecule has 0 aliphatic rings. The minimum absolute atomic E-state index is 0.0969. The van der Waals surface area contributed by atoms with E-state index in [0.717, 1.165) is 11.3 Å². The zero-order valence-corrected chi connectivity index (χ0v) is 12.8. The number of aromatic amines is 1. The summed E-state index contributed by atoms with van der Waals surface area (Å²) in [7, 11) is 1.27. The number of nitrogens with zero attached hydrogens (tertiary/aromatic N) is 1. The van der Waals surface area contributed by atoms with Crippen molar-refractivity contribution < 1.29 is 14.5 Å². The number of esters is 1. The van der Waals surface area contributed by atoms with Crippen LogP contribution in [0.2, 0.25) is 0 Å². The number of methoxy groups -OCH3 is 1. The third kappa shape index (κ3) is 4.95. The molecule has 120 valence electrons. The molecule has 0 fully saturated rings. The van der Waals surface area contributed by atoms with E-state index in [9.17, 15) is 9.59 Å². The highest BCUT2D eigenvalue weighted by Gasteiger charge is 2.10. The van der Waals surface area contributed by atoms with Gasteiger partial charge in [0, 0.05) is 6.07 Å². The fraction of sp³-hybridized carbons (Fsp3) is 0.200. The third-order valence-corrected chi connectivity index (χ3v) is 2.90. The van der Waals surface area contributed by atoms with E-state index in [4.69, 9.17) is 5.73 Å². The van der Waals surface area contributed by atoms with E-state index >= 15 is 0 Å². The van der Waals surface area contributed by atoms with Crippen molar-refractivity contribution in [3.8, 4) is 0 Å². The minimum Gasteiger partial charge on any atom is -0.469 e. The average molecular weight is 316 g/mol. The van der Waals surface area contributed by atoms with Gasteiger partial charge in [-0.25, -0.2) is 9.98 Å². The number of rotatable bonds is 4. The Bertz CT molecular complexity index is 798. The van der Waals surface area contributed by atoms with Crippen LogP contribution in [0.3, 0.4) is 0 Å². The molecule has 23 heavy (non-hydrogen) atoms. The van der Waals surface area contributed by atoms with E-state index in [2.05, 4.69) is 25.0 Å². The summed E-state index contributed by atoms with van der Waals surface area (Å²) >= 11 is 0. The number of hydrogen-bond acceptors (Lipinski definition) is 4. The van der Waals surface area contributed by atoms with Gasteiger partial charge >= 0.3 is 11.9 Å². The van der Waals surface area contributed by atoms with E-state index in [1.165, 1.54) is 13.2 Å². The van der Waals surface area contributed by atoms with E-state index < -0.39 is 11.5 Å². The third-order valence-electron chi connectivity index (χ3n) is 2.90. The van der Waals surface area contributed by atoms with Gasteiger partial charge in [-0.2, -0.15) is 0 Å². The lowest BCUT2D eigenvalue weighted by atomic mass is 10.2. The summed E-state index contributed by atoms with van der Waals surface area (Å²) in [6.45, 7) is 1.96. The van der Waals surface area contributed by atoms with Gasteiger partial charge in [-0.1, -0.05) is 12.1 Å². The van der Waals surface area contributed by atoms with Gasteiger partial charge in [0.2, 0.25) is 0 Å². The maximum atomic E-state index is 11.6. The Morgan fingerprint density at radius 1 is 1.43 bits per heavy atom. The fourth-order valence-electron chi connectivity index (χ4n) is 1.91. The zero-order chi connectivity index (χ0) is 16.8. The van der Waals surface area contributed by atoms with Gasteiger partial charge < -0.3 is 10.5 Å². The zero-order valence-electron chi connectivity index (χ0n) is 12.8. The first kappa shape index (κ1) is 16.2. The van der Waals surface area contributed by atoms with Crippen LogP contribution in [0.4, 0.5) is 11.6 Å². The second kappa shape index (κ2) is 7.21. The Kier molecular flexibility index (Phi) is 5.08. The predicted octanol–water partition coefficient (Wildman–Crippen LogP) is -1.07. The second-order valence-electron chi connectivity index (χ2n) is 4.87. The van der Waals surface area contributed by atoms with E-state index in [1.807, 2.05) is 31.2 Å². The molecule has 0 saturated heterocycles. The first-order valence-electron chi connectivity index (χ1n) is 6.86. The van der Waals surface area contributed by atoms with Crippen LogP contribution in [-0.4, -0.2) is 29.0 Å². The number of aryl methyl sites for hydroxylation is 1. The highest BCUT2D eigenvalue weighted by molar-refractivity contribution is 5.88. The number of H-pyrrole nitrogens is 1. The lowest BCUT2D eigenvalue weighted by molar-refractivity contribution is -0.365. The number of nitrogens with two attached hydrogens (primary N) is 1. The summed E-state index contributed by atoms with van der Waals surface area (Å²) in [4.78, 5) is 32.2. The smallest absolute Gasteiger partial charge is 0.325 e. The Labute approximate surface area is 132 Å². The number of carbonyl (C=O) groups is 1. The molecule has 0 atom stereocenters. The van der Waals surface area contributed by atoms with Crippen LogP contribution in [0.15, 0.2) is 35.1 Å². The maximum Gasteiger partial charge on any atom is 0.325 e. The number of anilines is 1. The largest absolute Gasteiger partial charge is 0.469 e. The Morgan fingerprint density at radius 3 is 2.91 bits per heavy atom. The molecule has 8 heteroatoms. The molecule has 1 aromatic heterocycles. The summed E-state index contributed by atoms with van der Waals surface area (Å²) in [5.74, 6) is -0.160. The number of guanidine groups is 1. The molecule has 1 heterocycles. The van der Waals surface area contributed by atoms with Crippen LogP contribution in [0.5, 0.6) is 0 Å². The Balaban J connectivity index is 2.20. The van der Waals surface area contributed by atoms with Crippen molar-refractivity contribution in [1.82, 2.24) is 9.97 Å². The number of nitrogens with one attached hydrogen (secondary N) is 3. The van der Waals surface area contributed by atoms with Crippen molar-refractivity contribution >= 4 is 23.6 Å². The van der Waals surface area contributed by atoms with Gasteiger partial charge in [0.15, 0.2) is 0 Å². The molecule has 8 nitrogen and oxygen atoms in total. The lowest BCUT2D eigenvalue weighted by Gasteiger charge is -2.02. The van der Waals surface area contributed by atoms with Crippen molar-refractivity contribution in [3.05, 3.63) is 51.9 Å². The number of carbonyl (C=O) groups excluding carboxylic acids is 1. The predicted molar refractivity (Wildman–Crippen MR) is 85.2 cm³/mol. The second-order valence-corrected chi connectivity index (χ2v) is 4.87. The van der Waals surface area contributed by atoms with E-state index in [1.54, 1.807) is 0 Å². The molecular formula is C15H18N5O3+. The van der Waals surface area contributed by atoms with Crippen LogP contribution >= 0.6 is 0 Å². The van der Waals surface area contributed by atoms with Gasteiger partial charge in [-0.05, 0) is 24.6 Å². The Hall–Kier alpha value is -3.16. The van der Waals surface area contributed by atoms with Crippen LogP contribution in [0.25, 0.3) is 0 Å². The Morgan fingerprint density at radius 2 is 2.22 bits per heavy atom. The van der Waals surface area contributed by atoms with Crippen molar-refractivity contribution in [1.29, 1.82) is 0 Å². The van der Waals surface area contributed by atoms with Gasteiger partial charge in [0.25, 0.3) is 11.5 Å². The topological polar surface area (TPSA) is 124 Å². The average Bonchev–Trinajstić information content (AvgIpc) is 2.46. The lowest BCUT2D eigenvalue weighted by Crippen LogP contribution is -2.73. The van der Waals surface area contributed by atoms with Crippen LogP contribution < -0.4 is 21.6 Å². The van der Waals surface area contributed by atoms with Gasteiger partial charge in [0.1, 0.15) is 5.69 Å². The number of benzene rings is 1. The van der Waals surface area contributed by atoms with Crippen molar-refractivity contribution in [2.75, 3.05) is 12.4 Å².